The van der Waals surface area contributed by atoms with Crippen molar-refractivity contribution in [2.45, 2.75) is 19.3 Å². The molecule has 3 N–H and O–H groups in total. The molecule has 1 amide bonds. The molecule has 0 heterocycles. The van der Waals surface area contributed by atoms with Gasteiger partial charge in [-0.05, 0) is 18.8 Å². The van der Waals surface area contributed by atoms with E-state index >= 15 is 0 Å². The van der Waals surface area contributed by atoms with Crippen molar-refractivity contribution in [1.29, 1.82) is 0 Å². The summed E-state index contributed by atoms with van der Waals surface area (Å²) in [6, 6.07) is 2.29. The Bertz CT molecular complexity index is 529. The van der Waals surface area contributed by atoms with Gasteiger partial charge in [-0.25, -0.2) is 0 Å². The zero-order chi connectivity index (χ0) is 14.0. The molecule has 19 heavy (non-hydrogen) atoms. The number of benzene rings is 1. The van der Waals surface area contributed by atoms with Crippen LogP contribution in [0.3, 0.4) is 0 Å². The number of carbonyl (C=O) groups excluding carboxylic acids is 1. The van der Waals surface area contributed by atoms with Gasteiger partial charge in [-0.1, -0.05) is 18.0 Å². The minimum absolute atomic E-state index is 0.0167. The second-order valence-electron chi connectivity index (χ2n) is 4.65. The lowest BCUT2D eigenvalue weighted by Gasteiger charge is -2.25. The molecule has 0 aromatic heterocycles. The van der Waals surface area contributed by atoms with Crippen LogP contribution < -0.4 is 11.1 Å². The molecule has 2 rings (SSSR count). The third-order valence-corrected chi connectivity index (χ3v) is 3.66. The van der Waals surface area contributed by atoms with Gasteiger partial charge in [0.05, 0.1) is 21.2 Å². The van der Waals surface area contributed by atoms with Crippen LogP contribution in [0.1, 0.15) is 29.6 Å². The Kier molecular flexibility index (Phi) is 3.90. The lowest BCUT2D eigenvalue weighted by Crippen LogP contribution is -2.32. The van der Waals surface area contributed by atoms with Crippen LogP contribution in [0.25, 0.3) is 0 Å². The molecule has 0 radical (unpaired) electrons. The molecule has 0 atom stereocenters. The van der Waals surface area contributed by atoms with E-state index in [0.29, 0.717) is 12.5 Å². The molecule has 102 valence electrons. The quantitative estimate of drug-likeness (QED) is 0.503. The molecule has 1 aliphatic carbocycles. The number of nitro groups is 1. The van der Waals surface area contributed by atoms with Gasteiger partial charge in [-0.2, -0.15) is 0 Å². The number of carbonyl (C=O) groups is 1. The highest BCUT2D eigenvalue weighted by atomic mass is 35.5. The van der Waals surface area contributed by atoms with Gasteiger partial charge in [0.2, 0.25) is 0 Å². The van der Waals surface area contributed by atoms with Crippen LogP contribution in [-0.2, 0) is 0 Å². The largest absolute Gasteiger partial charge is 0.397 e. The highest BCUT2D eigenvalue weighted by Gasteiger charge is 2.21. The molecule has 1 saturated carbocycles. The predicted molar refractivity (Wildman–Crippen MR) is 72.2 cm³/mol. The third-order valence-electron chi connectivity index (χ3n) is 3.35. The van der Waals surface area contributed by atoms with Crippen LogP contribution in [0.4, 0.5) is 11.4 Å². The van der Waals surface area contributed by atoms with Gasteiger partial charge in [0.15, 0.2) is 0 Å². The number of nitro benzene ring substituents is 1. The maximum Gasteiger partial charge on any atom is 0.271 e. The Morgan fingerprint density at radius 1 is 1.53 bits per heavy atom. The van der Waals surface area contributed by atoms with Crippen LogP contribution in [0.15, 0.2) is 12.1 Å². The zero-order valence-corrected chi connectivity index (χ0v) is 10.9. The first-order chi connectivity index (χ1) is 8.99. The van der Waals surface area contributed by atoms with Crippen LogP contribution in [0.2, 0.25) is 5.02 Å². The third kappa shape index (κ3) is 2.96. The maximum atomic E-state index is 12.0. The molecule has 1 aliphatic rings. The van der Waals surface area contributed by atoms with Gasteiger partial charge >= 0.3 is 0 Å². The predicted octanol–water partition coefficient (Wildman–Crippen LogP) is 2.36. The smallest absolute Gasteiger partial charge is 0.271 e. The van der Waals surface area contributed by atoms with E-state index in [1.54, 1.807) is 0 Å². The number of hydrogen-bond donors (Lipinski definition) is 2. The van der Waals surface area contributed by atoms with Crippen LogP contribution in [0, 0.1) is 16.0 Å². The average Bonchev–Trinajstić information content (AvgIpc) is 2.29. The highest BCUT2D eigenvalue weighted by Crippen LogP contribution is 2.29. The Morgan fingerprint density at radius 3 is 2.74 bits per heavy atom. The SMILES string of the molecule is Nc1c(Cl)cc([N+](=O)[O-])cc1C(=O)NCC1CCC1. The first kappa shape index (κ1) is 13.6. The summed E-state index contributed by atoms with van der Waals surface area (Å²) in [7, 11) is 0. The molecule has 1 aromatic rings. The number of halogens is 1. The van der Waals surface area contributed by atoms with E-state index in [1.807, 2.05) is 0 Å². The highest BCUT2D eigenvalue weighted by molar-refractivity contribution is 6.34. The van der Waals surface area contributed by atoms with Crippen molar-refractivity contribution in [2.24, 2.45) is 5.92 Å². The first-order valence-electron chi connectivity index (χ1n) is 6.00. The molecule has 6 nitrogen and oxygen atoms in total. The fourth-order valence-electron chi connectivity index (χ4n) is 1.93. The number of nitrogen functional groups attached to an aromatic ring is 1. The van der Waals surface area contributed by atoms with Crippen molar-refractivity contribution in [1.82, 2.24) is 5.32 Å². The lowest BCUT2D eigenvalue weighted by molar-refractivity contribution is -0.384. The standard InChI is InChI=1S/C12H14ClN3O3/c13-10-5-8(16(18)19)4-9(11(10)14)12(17)15-6-7-2-1-3-7/h4-5,7H,1-3,6,14H2,(H,15,17). The van der Waals surface area contributed by atoms with Crippen molar-refractivity contribution in [3.8, 4) is 0 Å². The fraction of sp³-hybridized carbons (Fsp3) is 0.417. The van der Waals surface area contributed by atoms with Gasteiger partial charge in [0.25, 0.3) is 11.6 Å². The van der Waals surface area contributed by atoms with Gasteiger partial charge in [-0.15, -0.1) is 0 Å². The van der Waals surface area contributed by atoms with Crippen LogP contribution in [-0.4, -0.2) is 17.4 Å². The summed E-state index contributed by atoms with van der Waals surface area (Å²) in [6.07, 6.45) is 3.39. The van der Waals surface area contributed by atoms with Crippen molar-refractivity contribution < 1.29 is 9.72 Å². The van der Waals surface area contributed by atoms with Crippen molar-refractivity contribution >= 4 is 28.9 Å². The van der Waals surface area contributed by atoms with Crippen LogP contribution >= 0.6 is 11.6 Å². The monoisotopic (exact) mass is 283 g/mol. The van der Waals surface area contributed by atoms with Gasteiger partial charge < -0.3 is 11.1 Å². The van der Waals surface area contributed by atoms with E-state index in [4.69, 9.17) is 17.3 Å². The topological polar surface area (TPSA) is 98.3 Å². The van der Waals surface area contributed by atoms with E-state index < -0.39 is 10.8 Å². The summed E-state index contributed by atoms with van der Waals surface area (Å²) in [6.45, 7) is 0.568. The second kappa shape index (κ2) is 5.44. The van der Waals surface area contributed by atoms with Crippen molar-refractivity contribution in [3.05, 3.63) is 32.8 Å². The summed E-state index contributed by atoms with van der Waals surface area (Å²) < 4.78 is 0. The maximum absolute atomic E-state index is 12.0. The number of rotatable bonds is 4. The number of nitrogens with one attached hydrogen (secondary N) is 1. The van der Waals surface area contributed by atoms with Gasteiger partial charge in [0, 0.05) is 18.7 Å². The van der Waals surface area contributed by atoms with Gasteiger partial charge in [-0.3, -0.25) is 14.9 Å². The van der Waals surface area contributed by atoms with Gasteiger partial charge in [0.1, 0.15) is 0 Å². The van der Waals surface area contributed by atoms with E-state index in [9.17, 15) is 14.9 Å². The molecule has 0 aliphatic heterocycles. The molecule has 1 aromatic carbocycles. The number of anilines is 1. The second-order valence-corrected chi connectivity index (χ2v) is 5.06. The summed E-state index contributed by atoms with van der Waals surface area (Å²) >= 11 is 5.80. The molecule has 0 saturated heterocycles. The molecule has 0 bridgehead atoms. The summed E-state index contributed by atoms with van der Waals surface area (Å²) in [4.78, 5) is 22.1. The Morgan fingerprint density at radius 2 is 2.21 bits per heavy atom. The van der Waals surface area contributed by atoms with E-state index in [2.05, 4.69) is 5.32 Å². The molecule has 0 spiro atoms. The Balaban J connectivity index is 2.16. The normalized spacial score (nSPS) is 14.8. The Hall–Kier alpha value is -1.82. The zero-order valence-electron chi connectivity index (χ0n) is 10.2. The molecule has 7 heteroatoms. The number of hydrogen-bond acceptors (Lipinski definition) is 4. The number of nitrogens with two attached hydrogens (primary N) is 1. The van der Waals surface area contributed by atoms with Crippen molar-refractivity contribution in [3.63, 3.8) is 0 Å². The van der Waals surface area contributed by atoms with Crippen molar-refractivity contribution in [2.75, 3.05) is 12.3 Å². The van der Waals surface area contributed by atoms with E-state index in [0.717, 1.165) is 25.0 Å². The van der Waals surface area contributed by atoms with E-state index in [-0.39, 0.29) is 22.0 Å². The molecular formula is C12H14ClN3O3. The summed E-state index contributed by atoms with van der Waals surface area (Å²) in [5.74, 6) is 0.0781. The molecular weight excluding hydrogens is 270 g/mol. The lowest BCUT2D eigenvalue weighted by atomic mass is 9.85. The van der Waals surface area contributed by atoms with E-state index in [1.165, 1.54) is 6.42 Å². The van der Waals surface area contributed by atoms with Crippen LogP contribution in [0.5, 0.6) is 0 Å². The average molecular weight is 284 g/mol. The number of non-ortho nitro benzene ring substituents is 1. The summed E-state index contributed by atoms with van der Waals surface area (Å²) in [5.41, 5.74) is 5.57. The molecule has 1 fully saturated rings. The first-order valence-corrected chi connectivity index (χ1v) is 6.38. The number of nitrogens with zero attached hydrogens (tertiary/aromatic N) is 1. The Labute approximate surface area is 115 Å². The minimum Gasteiger partial charge on any atom is -0.397 e. The summed E-state index contributed by atoms with van der Waals surface area (Å²) in [5, 5.41) is 13.5. The number of amides is 1. The molecule has 0 unspecified atom stereocenters. The minimum atomic E-state index is -0.603. The fourth-order valence-corrected chi connectivity index (χ4v) is 2.14.